The molecule has 5 heteroatoms. The lowest BCUT2D eigenvalue weighted by atomic mass is 9.89. The number of fused-ring (bicyclic) bond motifs is 3. The highest BCUT2D eigenvalue weighted by atomic mass is 16.5. The first-order chi connectivity index (χ1) is 12.6. The van der Waals surface area contributed by atoms with Crippen molar-refractivity contribution in [2.45, 2.75) is 30.7 Å². The fourth-order valence-corrected chi connectivity index (χ4v) is 4.07. The number of esters is 1. The van der Waals surface area contributed by atoms with Crippen molar-refractivity contribution in [3.8, 4) is 11.1 Å². The van der Waals surface area contributed by atoms with Gasteiger partial charge in [-0.1, -0.05) is 48.5 Å². The van der Waals surface area contributed by atoms with Gasteiger partial charge in [-0.3, -0.25) is 5.32 Å². The predicted octanol–water partition coefficient (Wildman–Crippen LogP) is 2.94. The molecule has 2 aromatic carbocycles. The summed E-state index contributed by atoms with van der Waals surface area (Å²) in [6, 6.07) is 16.2. The van der Waals surface area contributed by atoms with E-state index in [-0.39, 0.29) is 18.9 Å². The molecule has 26 heavy (non-hydrogen) atoms. The van der Waals surface area contributed by atoms with Crippen molar-refractivity contribution >= 4 is 11.9 Å². The van der Waals surface area contributed by atoms with E-state index in [9.17, 15) is 14.7 Å². The van der Waals surface area contributed by atoms with E-state index >= 15 is 0 Å². The quantitative estimate of drug-likeness (QED) is 0.654. The van der Waals surface area contributed by atoms with Crippen LogP contribution in [0.2, 0.25) is 0 Å². The van der Waals surface area contributed by atoms with Gasteiger partial charge in [0.05, 0.1) is 0 Å². The van der Waals surface area contributed by atoms with Crippen LogP contribution in [0, 0.1) is 0 Å². The van der Waals surface area contributed by atoms with Gasteiger partial charge in [0.1, 0.15) is 6.61 Å². The van der Waals surface area contributed by atoms with E-state index in [1.54, 1.807) is 0 Å². The number of nitrogens with one attached hydrogen (secondary N) is 1. The zero-order valence-corrected chi connectivity index (χ0v) is 14.4. The zero-order chi connectivity index (χ0) is 18.1. The molecule has 1 heterocycles. The van der Waals surface area contributed by atoms with Crippen LogP contribution in [-0.2, 0) is 14.3 Å². The molecule has 0 aromatic heterocycles. The van der Waals surface area contributed by atoms with Gasteiger partial charge in [0.2, 0.25) is 5.54 Å². The van der Waals surface area contributed by atoms with E-state index in [1.807, 2.05) is 36.4 Å². The number of carboxylic acid groups (broad SMARTS) is 1. The smallest absolute Gasteiger partial charge is 0.338 e. The van der Waals surface area contributed by atoms with Gasteiger partial charge < -0.3 is 9.84 Å². The summed E-state index contributed by atoms with van der Waals surface area (Å²) < 4.78 is 5.56. The van der Waals surface area contributed by atoms with Gasteiger partial charge in [-0.25, -0.2) is 9.59 Å². The van der Waals surface area contributed by atoms with Crippen molar-refractivity contribution in [2.75, 3.05) is 13.2 Å². The molecular formula is C21H21NO4. The number of carbonyl (C=O) groups is 2. The fraction of sp³-hybridized carbons (Fsp3) is 0.333. The molecular weight excluding hydrogens is 330 g/mol. The van der Waals surface area contributed by atoms with Crippen molar-refractivity contribution in [1.29, 1.82) is 0 Å². The van der Waals surface area contributed by atoms with E-state index < -0.39 is 17.5 Å². The molecule has 0 saturated carbocycles. The maximum Gasteiger partial charge on any atom is 0.338 e. The molecule has 2 aromatic rings. The first-order valence-electron chi connectivity index (χ1n) is 8.97. The molecule has 4 rings (SSSR count). The molecule has 1 aliphatic heterocycles. The minimum absolute atomic E-state index is 0.0687. The number of piperidine rings is 1. The summed E-state index contributed by atoms with van der Waals surface area (Å²) in [7, 11) is 0. The molecule has 0 bridgehead atoms. The third kappa shape index (κ3) is 2.59. The number of hydrogen-bond donors (Lipinski definition) is 2. The van der Waals surface area contributed by atoms with Gasteiger partial charge in [-0.05, 0) is 48.1 Å². The van der Waals surface area contributed by atoms with Gasteiger partial charge in [0.25, 0.3) is 0 Å². The lowest BCUT2D eigenvalue weighted by molar-refractivity contribution is -0.164. The summed E-state index contributed by atoms with van der Waals surface area (Å²) in [4.78, 5) is 24.4. The lowest BCUT2D eigenvalue weighted by Gasteiger charge is -2.32. The maximum absolute atomic E-state index is 12.7. The molecule has 2 aliphatic rings. The molecule has 1 fully saturated rings. The van der Waals surface area contributed by atoms with E-state index in [4.69, 9.17) is 4.74 Å². The number of aliphatic carboxylic acids is 1. The highest BCUT2D eigenvalue weighted by Crippen LogP contribution is 2.44. The third-order valence-corrected chi connectivity index (χ3v) is 5.46. The van der Waals surface area contributed by atoms with Crippen LogP contribution in [0.3, 0.4) is 0 Å². The largest absolute Gasteiger partial charge is 0.479 e. The second-order valence-corrected chi connectivity index (χ2v) is 6.92. The summed E-state index contributed by atoms with van der Waals surface area (Å²) in [5.74, 6) is -1.92. The number of hydrogen-bond acceptors (Lipinski definition) is 4. The fourth-order valence-electron chi connectivity index (χ4n) is 4.07. The predicted molar refractivity (Wildman–Crippen MR) is 96.9 cm³/mol. The molecule has 0 amide bonds. The van der Waals surface area contributed by atoms with Crippen LogP contribution in [0.5, 0.6) is 0 Å². The summed E-state index contributed by atoms with van der Waals surface area (Å²) in [6.45, 7) is 0.653. The van der Waals surface area contributed by atoms with Gasteiger partial charge in [-0.15, -0.1) is 0 Å². The highest BCUT2D eigenvalue weighted by Gasteiger charge is 2.48. The molecule has 0 unspecified atom stereocenters. The monoisotopic (exact) mass is 351 g/mol. The minimum atomic E-state index is -1.62. The topological polar surface area (TPSA) is 75.6 Å². The number of ether oxygens (including phenoxy) is 1. The van der Waals surface area contributed by atoms with Crippen molar-refractivity contribution in [2.24, 2.45) is 0 Å². The van der Waals surface area contributed by atoms with Crippen LogP contribution >= 0.6 is 0 Å². The number of carbonyl (C=O) groups excluding carboxylic acids is 1. The number of carboxylic acids is 1. The van der Waals surface area contributed by atoms with Crippen LogP contribution in [0.25, 0.3) is 11.1 Å². The third-order valence-electron chi connectivity index (χ3n) is 5.46. The van der Waals surface area contributed by atoms with Crippen molar-refractivity contribution in [3.05, 3.63) is 59.7 Å². The van der Waals surface area contributed by atoms with E-state index in [0.29, 0.717) is 13.0 Å². The van der Waals surface area contributed by atoms with Crippen LogP contribution in [-0.4, -0.2) is 35.7 Å². The Hall–Kier alpha value is -2.66. The minimum Gasteiger partial charge on any atom is -0.479 e. The Bertz CT molecular complexity index is 809. The van der Waals surface area contributed by atoms with Gasteiger partial charge in [0, 0.05) is 5.92 Å². The van der Waals surface area contributed by atoms with Crippen molar-refractivity contribution in [3.63, 3.8) is 0 Å². The Morgan fingerprint density at radius 1 is 1.04 bits per heavy atom. The molecule has 1 atom stereocenters. The average molecular weight is 351 g/mol. The SMILES string of the molecule is O=C(O)[C@]1(C(=O)OCC2c3ccccc3-c3ccccc32)CCCCN1. The molecule has 5 nitrogen and oxygen atoms in total. The Labute approximate surface area is 152 Å². The maximum atomic E-state index is 12.7. The van der Waals surface area contributed by atoms with E-state index in [2.05, 4.69) is 17.4 Å². The molecule has 0 radical (unpaired) electrons. The molecule has 134 valence electrons. The Morgan fingerprint density at radius 3 is 2.19 bits per heavy atom. The summed E-state index contributed by atoms with van der Waals surface area (Å²) in [5.41, 5.74) is 2.90. The highest BCUT2D eigenvalue weighted by molar-refractivity contribution is 6.04. The zero-order valence-electron chi connectivity index (χ0n) is 14.4. The van der Waals surface area contributed by atoms with Crippen LogP contribution in [0.4, 0.5) is 0 Å². The summed E-state index contributed by atoms with van der Waals surface area (Å²) in [5, 5.41) is 12.5. The van der Waals surface area contributed by atoms with Crippen LogP contribution < -0.4 is 5.32 Å². The van der Waals surface area contributed by atoms with Crippen LogP contribution in [0.1, 0.15) is 36.3 Å². The Kier molecular flexibility index (Phi) is 4.24. The number of rotatable bonds is 4. The van der Waals surface area contributed by atoms with Crippen molar-refractivity contribution in [1.82, 2.24) is 5.32 Å². The first kappa shape index (κ1) is 16.8. The molecule has 1 aliphatic carbocycles. The second-order valence-electron chi connectivity index (χ2n) is 6.92. The molecule has 2 N–H and O–H groups in total. The normalized spacial score (nSPS) is 21.7. The van der Waals surface area contributed by atoms with Gasteiger partial charge in [-0.2, -0.15) is 0 Å². The number of benzene rings is 2. The lowest BCUT2D eigenvalue weighted by Crippen LogP contribution is -2.61. The Morgan fingerprint density at radius 2 is 1.65 bits per heavy atom. The standard InChI is InChI=1S/C21H21NO4/c23-19(24)21(11-5-6-12-22-21)20(25)26-13-18-16-9-3-1-7-14(16)15-8-2-4-10-17(15)18/h1-4,7-10,18,22H,5-6,11-13H2,(H,23,24)/t21-/m0/s1. The molecule has 1 saturated heterocycles. The van der Waals surface area contributed by atoms with Gasteiger partial charge in [0.15, 0.2) is 0 Å². The van der Waals surface area contributed by atoms with E-state index in [1.165, 1.54) is 0 Å². The van der Waals surface area contributed by atoms with Crippen molar-refractivity contribution < 1.29 is 19.4 Å². The Balaban J connectivity index is 1.58. The second kappa shape index (κ2) is 6.57. The average Bonchev–Trinajstić information content (AvgIpc) is 3.00. The van der Waals surface area contributed by atoms with E-state index in [0.717, 1.165) is 28.7 Å². The summed E-state index contributed by atoms with van der Waals surface area (Å²) in [6.07, 6.45) is 1.83. The summed E-state index contributed by atoms with van der Waals surface area (Å²) >= 11 is 0. The van der Waals surface area contributed by atoms with Crippen LogP contribution in [0.15, 0.2) is 48.5 Å². The molecule has 0 spiro atoms. The first-order valence-corrected chi connectivity index (χ1v) is 8.97. The van der Waals surface area contributed by atoms with Gasteiger partial charge >= 0.3 is 11.9 Å².